The van der Waals surface area contributed by atoms with E-state index in [1.165, 1.54) is 6.26 Å². The lowest BCUT2D eigenvalue weighted by Crippen LogP contribution is -2.22. The van der Waals surface area contributed by atoms with Crippen LogP contribution in [0.2, 0.25) is 0 Å². The third-order valence-electron chi connectivity index (χ3n) is 3.31. The molecular weight excluding hydrogens is 354 g/mol. The largest absolute Gasteiger partial charge is 0.308 e. The highest BCUT2D eigenvalue weighted by atomic mass is 79.9. The number of halogens is 1. The molecule has 21 heavy (non-hydrogen) atoms. The van der Waals surface area contributed by atoms with Crippen LogP contribution in [-0.4, -0.2) is 31.5 Å². The van der Waals surface area contributed by atoms with E-state index >= 15 is 0 Å². The highest BCUT2D eigenvalue weighted by Crippen LogP contribution is 2.29. The van der Waals surface area contributed by atoms with E-state index in [1.54, 1.807) is 24.4 Å². The third-order valence-corrected chi connectivity index (χ3v) is 5.04. The molecule has 1 aromatic carbocycles. The van der Waals surface area contributed by atoms with Gasteiger partial charge in [0.05, 0.1) is 27.3 Å². The van der Waals surface area contributed by atoms with Crippen LogP contribution in [0.4, 0.5) is 0 Å². The zero-order chi connectivity index (χ0) is 15.6. The van der Waals surface area contributed by atoms with Crippen molar-refractivity contribution in [1.82, 2.24) is 15.1 Å². The maximum atomic E-state index is 11.7. The first-order valence-corrected chi connectivity index (χ1v) is 9.25. The number of hydrogen-bond donors (Lipinski definition) is 1. The standard InChI is InChI=1S/C14H18BrN3O2S/c1-4-18-14(12(15)9-17-18)13(16-2)10-6-5-7-11(8-10)21(3,19)20/h5-9,13,16H,4H2,1-3H3. The molecule has 1 heterocycles. The molecule has 1 atom stereocenters. The van der Waals surface area contributed by atoms with Crippen LogP contribution in [-0.2, 0) is 16.4 Å². The highest BCUT2D eigenvalue weighted by Gasteiger charge is 2.21. The Bertz CT molecular complexity index is 740. The van der Waals surface area contributed by atoms with Gasteiger partial charge in [0, 0.05) is 12.8 Å². The van der Waals surface area contributed by atoms with Crippen molar-refractivity contribution < 1.29 is 8.42 Å². The van der Waals surface area contributed by atoms with Crippen molar-refractivity contribution in [1.29, 1.82) is 0 Å². The van der Waals surface area contributed by atoms with Crippen LogP contribution in [0.25, 0.3) is 0 Å². The zero-order valence-electron chi connectivity index (χ0n) is 12.2. The normalized spacial score (nSPS) is 13.3. The van der Waals surface area contributed by atoms with Gasteiger partial charge in [0.25, 0.3) is 0 Å². The number of aromatic nitrogens is 2. The maximum absolute atomic E-state index is 11.7. The van der Waals surface area contributed by atoms with Gasteiger partial charge in [-0.3, -0.25) is 4.68 Å². The van der Waals surface area contributed by atoms with Gasteiger partial charge in [0.15, 0.2) is 9.84 Å². The molecule has 2 rings (SSSR count). The molecule has 0 fully saturated rings. The van der Waals surface area contributed by atoms with Gasteiger partial charge in [-0.1, -0.05) is 12.1 Å². The van der Waals surface area contributed by atoms with Crippen LogP contribution in [0.3, 0.4) is 0 Å². The Balaban J connectivity index is 2.54. The summed E-state index contributed by atoms with van der Waals surface area (Å²) in [7, 11) is -1.38. The summed E-state index contributed by atoms with van der Waals surface area (Å²) >= 11 is 3.51. The Labute approximate surface area is 133 Å². The van der Waals surface area contributed by atoms with Crippen LogP contribution >= 0.6 is 15.9 Å². The third kappa shape index (κ3) is 3.36. The van der Waals surface area contributed by atoms with Crippen molar-refractivity contribution in [3.05, 3.63) is 46.2 Å². The van der Waals surface area contributed by atoms with Gasteiger partial charge in [0.1, 0.15) is 0 Å². The van der Waals surface area contributed by atoms with Crippen molar-refractivity contribution >= 4 is 25.8 Å². The minimum atomic E-state index is -3.22. The SMILES string of the molecule is CCn1ncc(Br)c1C(NC)c1cccc(S(C)(=O)=O)c1. The molecule has 0 spiro atoms. The quantitative estimate of drug-likeness (QED) is 0.876. The first-order chi connectivity index (χ1) is 9.88. The molecule has 0 amide bonds. The van der Waals surface area contributed by atoms with Gasteiger partial charge in [-0.2, -0.15) is 5.10 Å². The van der Waals surface area contributed by atoms with Crippen LogP contribution < -0.4 is 5.32 Å². The van der Waals surface area contributed by atoms with Gasteiger partial charge < -0.3 is 5.32 Å². The Morgan fingerprint density at radius 3 is 2.71 bits per heavy atom. The monoisotopic (exact) mass is 371 g/mol. The lowest BCUT2D eigenvalue weighted by atomic mass is 10.0. The van der Waals surface area contributed by atoms with E-state index in [1.807, 2.05) is 24.7 Å². The summed E-state index contributed by atoms with van der Waals surface area (Å²) in [6.45, 7) is 2.76. The number of rotatable bonds is 5. The van der Waals surface area contributed by atoms with Gasteiger partial charge >= 0.3 is 0 Å². The molecule has 0 aliphatic heterocycles. The Kier molecular flexibility index (Phi) is 4.85. The minimum Gasteiger partial charge on any atom is -0.308 e. The van der Waals surface area contributed by atoms with Crippen LogP contribution in [0.15, 0.2) is 39.8 Å². The Hall–Kier alpha value is -1.18. The van der Waals surface area contributed by atoms with Gasteiger partial charge in [-0.25, -0.2) is 8.42 Å². The van der Waals surface area contributed by atoms with Crippen molar-refractivity contribution in [2.75, 3.05) is 13.3 Å². The summed E-state index contributed by atoms with van der Waals surface area (Å²) < 4.78 is 26.2. The lowest BCUT2D eigenvalue weighted by Gasteiger charge is -2.19. The zero-order valence-corrected chi connectivity index (χ0v) is 14.6. The molecule has 0 radical (unpaired) electrons. The summed E-state index contributed by atoms with van der Waals surface area (Å²) in [5.41, 5.74) is 1.86. The fourth-order valence-electron chi connectivity index (χ4n) is 2.30. The predicted molar refractivity (Wildman–Crippen MR) is 86.1 cm³/mol. The van der Waals surface area contributed by atoms with E-state index in [4.69, 9.17) is 0 Å². The van der Waals surface area contributed by atoms with E-state index in [0.29, 0.717) is 4.90 Å². The second-order valence-corrected chi connectivity index (χ2v) is 7.63. The Morgan fingerprint density at radius 1 is 1.43 bits per heavy atom. The molecule has 0 saturated carbocycles. The summed E-state index contributed by atoms with van der Waals surface area (Å²) in [6.07, 6.45) is 2.97. The van der Waals surface area contributed by atoms with Crippen molar-refractivity contribution in [3.63, 3.8) is 0 Å². The van der Waals surface area contributed by atoms with E-state index < -0.39 is 9.84 Å². The van der Waals surface area contributed by atoms with Gasteiger partial charge in [0.2, 0.25) is 0 Å². The molecule has 2 aromatic rings. The van der Waals surface area contributed by atoms with Crippen molar-refractivity contribution in [2.24, 2.45) is 0 Å². The molecule has 0 bridgehead atoms. The number of aryl methyl sites for hydroxylation is 1. The highest BCUT2D eigenvalue weighted by molar-refractivity contribution is 9.10. The average molecular weight is 372 g/mol. The molecule has 0 aliphatic rings. The summed E-state index contributed by atoms with van der Waals surface area (Å²) in [5, 5.41) is 7.54. The smallest absolute Gasteiger partial charge is 0.175 e. The van der Waals surface area contributed by atoms with Crippen molar-refractivity contribution in [2.45, 2.75) is 24.4 Å². The van der Waals surface area contributed by atoms with Gasteiger partial charge in [-0.05, 0) is 47.6 Å². The predicted octanol–water partition coefficient (Wildman–Crippen LogP) is 2.38. The molecule has 1 aromatic heterocycles. The fourth-order valence-corrected chi connectivity index (χ4v) is 3.50. The molecule has 0 saturated heterocycles. The number of nitrogens with one attached hydrogen (secondary N) is 1. The summed E-state index contributed by atoms with van der Waals surface area (Å²) in [5.74, 6) is 0. The molecule has 7 heteroatoms. The molecule has 1 unspecified atom stereocenters. The van der Waals surface area contributed by atoms with E-state index in [0.717, 1.165) is 22.3 Å². The first-order valence-electron chi connectivity index (χ1n) is 6.57. The number of sulfone groups is 1. The Morgan fingerprint density at radius 2 is 2.14 bits per heavy atom. The van der Waals surface area contributed by atoms with Gasteiger partial charge in [-0.15, -0.1) is 0 Å². The summed E-state index contributed by atoms with van der Waals surface area (Å²) in [6, 6.07) is 6.85. The molecular formula is C14H18BrN3O2S. The topological polar surface area (TPSA) is 64.0 Å². The average Bonchev–Trinajstić information content (AvgIpc) is 2.81. The van der Waals surface area contributed by atoms with E-state index in [-0.39, 0.29) is 6.04 Å². The number of benzene rings is 1. The number of hydrogen-bond acceptors (Lipinski definition) is 4. The molecule has 114 valence electrons. The van der Waals surface area contributed by atoms with Crippen molar-refractivity contribution in [3.8, 4) is 0 Å². The lowest BCUT2D eigenvalue weighted by molar-refractivity contribution is 0.560. The minimum absolute atomic E-state index is 0.136. The fraction of sp³-hybridized carbons (Fsp3) is 0.357. The molecule has 1 N–H and O–H groups in total. The number of nitrogens with zero attached hydrogens (tertiary/aromatic N) is 2. The molecule has 5 nitrogen and oxygen atoms in total. The van der Waals surface area contributed by atoms with Crippen LogP contribution in [0.5, 0.6) is 0 Å². The van der Waals surface area contributed by atoms with E-state index in [9.17, 15) is 8.42 Å². The first kappa shape index (κ1) is 16.2. The van der Waals surface area contributed by atoms with Crippen LogP contribution in [0, 0.1) is 0 Å². The molecule has 0 aliphatic carbocycles. The maximum Gasteiger partial charge on any atom is 0.175 e. The second-order valence-electron chi connectivity index (χ2n) is 4.76. The second kappa shape index (κ2) is 6.29. The van der Waals surface area contributed by atoms with Crippen LogP contribution in [0.1, 0.15) is 24.2 Å². The summed E-state index contributed by atoms with van der Waals surface area (Å²) in [4.78, 5) is 0.318. The van der Waals surface area contributed by atoms with E-state index in [2.05, 4.69) is 26.3 Å².